The summed E-state index contributed by atoms with van der Waals surface area (Å²) in [7, 11) is 0. The molecular weight excluding hydrogens is 386 g/mol. The van der Waals surface area contributed by atoms with E-state index in [1.54, 1.807) is 10.9 Å². The molecule has 0 aliphatic rings. The summed E-state index contributed by atoms with van der Waals surface area (Å²) >= 11 is 6.00. The number of nitrogens with one attached hydrogen (secondary N) is 1. The highest BCUT2D eigenvalue weighted by Crippen LogP contribution is 2.20. The highest BCUT2D eigenvalue weighted by atomic mass is 35.5. The van der Waals surface area contributed by atoms with Crippen LogP contribution in [0, 0.1) is 20.8 Å². The maximum Gasteiger partial charge on any atom is 0.251 e. The van der Waals surface area contributed by atoms with Crippen LogP contribution < -0.4 is 10.1 Å². The van der Waals surface area contributed by atoms with E-state index in [9.17, 15) is 4.79 Å². The molecule has 0 radical (unpaired) electrons. The molecule has 1 amide bonds. The van der Waals surface area contributed by atoms with Crippen molar-refractivity contribution in [1.82, 2.24) is 15.1 Å². The van der Waals surface area contributed by atoms with Crippen LogP contribution in [0.3, 0.4) is 0 Å². The SMILES string of the molecule is Cc1ccc(OCc2cccc(C(=O)NCCCn3cc(Cl)c(C)n3)c2)c(C)c1. The Kier molecular flexibility index (Phi) is 6.94. The predicted molar refractivity (Wildman–Crippen MR) is 116 cm³/mol. The van der Waals surface area contributed by atoms with Crippen LogP contribution in [0.1, 0.15) is 39.2 Å². The van der Waals surface area contributed by atoms with Crippen LogP contribution in [0.5, 0.6) is 5.75 Å². The van der Waals surface area contributed by atoms with Gasteiger partial charge in [-0.3, -0.25) is 9.48 Å². The van der Waals surface area contributed by atoms with Crippen molar-refractivity contribution in [2.75, 3.05) is 6.54 Å². The number of carbonyl (C=O) groups is 1. The van der Waals surface area contributed by atoms with E-state index in [0.717, 1.165) is 29.0 Å². The molecule has 0 saturated carbocycles. The number of amides is 1. The second-order valence-electron chi connectivity index (χ2n) is 7.19. The molecule has 0 aliphatic heterocycles. The first-order valence-electron chi connectivity index (χ1n) is 9.69. The standard InChI is InChI=1S/C23H26ClN3O2/c1-16-8-9-22(17(2)12-16)29-15-19-6-4-7-20(13-19)23(28)25-10-5-11-27-14-21(24)18(3)26-27/h4,6-9,12-14H,5,10-11,15H2,1-3H3,(H,25,28). The Labute approximate surface area is 176 Å². The van der Waals surface area contributed by atoms with E-state index in [-0.39, 0.29) is 5.91 Å². The van der Waals surface area contributed by atoms with Gasteiger partial charge in [-0.1, -0.05) is 41.4 Å². The van der Waals surface area contributed by atoms with Crippen molar-refractivity contribution in [1.29, 1.82) is 0 Å². The molecular formula is C23H26ClN3O2. The van der Waals surface area contributed by atoms with Gasteiger partial charge in [0.1, 0.15) is 12.4 Å². The zero-order valence-electron chi connectivity index (χ0n) is 17.0. The lowest BCUT2D eigenvalue weighted by molar-refractivity contribution is 0.0952. The fourth-order valence-electron chi connectivity index (χ4n) is 3.08. The van der Waals surface area contributed by atoms with Crippen molar-refractivity contribution in [3.05, 3.63) is 81.6 Å². The van der Waals surface area contributed by atoms with Crippen LogP contribution in [-0.2, 0) is 13.2 Å². The average molecular weight is 412 g/mol. The Balaban J connectivity index is 1.49. The third kappa shape index (κ3) is 5.84. The number of hydrogen-bond donors (Lipinski definition) is 1. The lowest BCUT2D eigenvalue weighted by atomic mass is 10.1. The van der Waals surface area contributed by atoms with Crippen molar-refractivity contribution < 1.29 is 9.53 Å². The summed E-state index contributed by atoms with van der Waals surface area (Å²) in [5.74, 6) is 0.771. The Morgan fingerprint density at radius 2 is 2.00 bits per heavy atom. The Hall–Kier alpha value is -2.79. The molecule has 6 heteroatoms. The van der Waals surface area contributed by atoms with Crippen LogP contribution in [0.15, 0.2) is 48.7 Å². The summed E-state index contributed by atoms with van der Waals surface area (Å²) in [5, 5.41) is 7.93. The van der Waals surface area contributed by atoms with Crippen molar-refractivity contribution in [3.8, 4) is 5.75 Å². The normalized spacial score (nSPS) is 10.8. The van der Waals surface area contributed by atoms with Crippen molar-refractivity contribution in [2.45, 2.75) is 40.3 Å². The minimum atomic E-state index is -0.0898. The number of ether oxygens (including phenoxy) is 1. The number of aromatic nitrogens is 2. The monoisotopic (exact) mass is 411 g/mol. The predicted octanol–water partition coefficient (Wildman–Crippen LogP) is 4.86. The van der Waals surface area contributed by atoms with E-state index in [0.29, 0.717) is 30.3 Å². The van der Waals surface area contributed by atoms with E-state index in [4.69, 9.17) is 16.3 Å². The molecule has 29 heavy (non-hydrogen) atoms. The van der Waals surface area contributed by atoms with Crippen molar-refractivity contribution in [3.63, 3.8) is 0 Å². The molecule has 0 unspecified atom stereocenters. The molecule has 0 spiro atoms. The molecule has 1 aromatic heterocycles. The molecule has 152 valence electrons. The van der Waals surface area contributed by atoms with Gasteiger partial charge in [0.05, 0.1) is 10.7 Å². The van der Waals surface area contributed by atoms with Crippen molar-refractivity contribution in [2.24, 2.45) is 0 Å². The fourth-order valence-corrected chi connectivity index (χ4v) is 3.23. The molecule has 5 nitrogen and oxygen atoms in total. The zero-order chi connectivity index (χ0) is 20.8. The van der Waals surface area contributed by atoms with Crippen LogP contribution in [0.4, 0.5) is 0 Å². The fraction of sp³-hybridized carbons (Fsp3) is 0.304. The number of hydrogen-bond acceptors (Lipinski definition) is 3. The lowest BCUT2D eigenvalue weighted by Crippen LogP contribution is -2.25. The first-order valence-corrected chi connectivity index (χ1v) is 10.1. The zero-order valence-corrected chi connectivity index (χ0v) is 17.8. The van der Waals surface area contributed by atoms with Gasteiger partial charge in [-0.2, -0.15) is 5.10 Å². The topological polar surface area (TPSA) is 56.1 Å². The molecule has 3 aromatic rings. The van der Waals surface area contributed by atoms with E-state index < -0.39 is 0 Å². The van der Waals surface area contributed by atoms with Gasteiger partial charge in [0, 0.05) is 24.8 Å². The molecule has 2 aromatic carbocycles. The van der Waals surface area contributed by atoms with Crippen molar-refractivity contribution >= 4 is 17.5 Å². The number of carbonyl (C=O) groups excluding carboxylic acids is 1. The van der Waals surface area contributed by atoms with E-state index in [2.05, 4.69) is 23.4 Å². The summed E-state index contributed by atoms with van der Waals surface area (Å²) in [5.41, 5.74) is 4.71. The lowest BCUT2D eigenvalue weighted by Gasteiger charge is -2.11. The van der Waals surface area contributed by atoms with Gasteiger partial charge in [-0.05, 0) is 56.5 Å². The third-order valence-corrected chi connectivity index (χ3v) is 5.02. The quantitative estimate of drug-likeness (QED) is 0.538. The summed E-state index contributed by atoms with van der Waals surface area (Å²) < 4.78 is 7.72. The van der Waals surface area contributed by atoms with Crippen LogP contribution in [0.25, 0.3) is 0 Å². The first kappa shape index (κ1) is 20.9. The Bertz CT molecular complexity index is 978. The first-order chi connectivity index (χ1) is 13.9. The second kappa shape index (κ2) is 9.61. The number of nitrogens with zero attached hydrogens (tertiary/aromatic N) is 2. The van der Waals surface area contributed by atoms with E-state index in [1.807, 2.05) is 50.2 Å². The summed E-state index contributed by atoms with van der Waals surface area (Å²) in [6, 6.07) is 13.6. The molecule has 1 heterocycles. The van der Waals surface area contributed by atoms with Crippen LogP contribution in [-0.4, -0.2) is 22.2 Å². The smallest absolute Gasteiger partial charge is 0.251 e. The molecule has 0 bridgehead atoms. The van der Waals surface area contributed by atoms with Gasteiger partial charge in [-0.25, -0.2) is 0 Å². The molecule has 0 aliphatic carbocycles. The average Bonchev–Trinajstić information content (AvgIpc) is 3.02. The van der Waals surface area contributed by atoms with Gasteiger partial charge >= 0.3 is 0 Å². The molecule has 3 rings (SSSR count). The van der Waals surface area contributed by atoms with Gasteiger partial charge in [-0.15, -0.1) is 0 Å². The third-order valence-electron chi connectivity index (χ3n) is 4.65. The molecule has 1 N–H and O–H groups in total. The maximum atomic E-state index is 12.4. The summed E-state index contributed by atoms with van der Waals surface area (Å²) in [4.78, 5) is 12.4. The minimum absolute atomic E-state index is 0.0898. The van der Waals surface area contributed by atoms with E-state index in [1.165, 1.54) is 5.56 Å². The second-order valence-corrected chi connectivity index (χ2v) is 7.60. The minimum Gasteiger partial charge on any atom is -0.489 e. The molecule has 0 saturated heterocycles. The maximum absolute atomic E-state index is 12.4. The number of halogens is 1. The van der Waals surface area contributed by atoms with Gasteiger partial charge < -0.3 is 10.1 Å². The molecule has 0 atom stereocenters. The van der Waals surface area contributed by atoms with Gasteiger partial charge in [0.15, 0.2) is 0 Å². The molecule has 0 fully saturated rings. The highest BCUT2D eigenvalue weighted by Gasteiger charge is 2.07. The largest absolute Gasteiger partial charge is 0.489 e. The van der Waals surface area contributed by atoms with Gasteiger partial charge in [0.25, 0.3) is 5.91 Å². The number of benzene rings is 2. The van der Waals surface area contributed by atoms with Crippen LogP contribution in [0.2, 0.25) is 5.02 Å². The van der Waals surface area contributed by atoms with Gasteiger partial charge in [0.2, 0.25) is 0 Å². The highest BCUT2D eigenvalue weighted by molar-refractivity contribution is 6.31. The summed E-state index contributed by atoms with van der Waals surface area (Å²) in [6.07, 6.45) is 2.58. The summed E-state index contributed by atoms with van der Waals surface area (Å²) in [6.45, 7) is 7.66. The Morgan fingerprint density at radius 1 is 1.17 bits per heavy atom. The number of aryl methyl sites for hydroxylation is 4. The number of rotatable bonds is 8. The van der Waals surface area contributed by atoms with E-state index >= 15 is 0 Å². The van der Waals surface area contributed by atoms with Crippen LogP contribution >= 0.6 is 11.6 Å². The Morgan fingerprint density at radius 3 is 2.72 bits per heavy atom.